The first kappa shape index (κ1) is 19.5. The van der Waals surface area contributed by atoms with Gasteiger partial charge in [-0.05, 0) is 36.6 Å². The quantitative estimate of drug-likeness (QED) is 0.687. The maximum Gasteiger partial charge on any atom is 0.229 e. The van der Waals surface area contributed by atoms with E-state index in [1.165, 1.54) is 0 Å². The number of hydrogen-bond donors (Lipinski definition) is 1. The molecule has 0 radical (unpaired) electrons. The predicted molar refractivity (Wildman–Crippen MR) is 117 cm³/mol. The average Bonchev–Trinajstić information content (AvgIpc) is 3.12. The van der Waals surface area contributed by atoms with Gasteiger partial charge in [0.1, 0.15) is 0 Å². The molecule has 6 heteroatoms. The zero-order valence-electron chi connectivity index (χ0n) is 16.5. The lowest BCUT2D eigenvalue weighted by atomic mass is 10.00. The summed E-state index contributed by atoms with van der Waals surface area (Å²) in [5.41, 5.74) is 3.08. The van der Waals surface area contributed by atoms with Gasteiger partial charge in [-0.1, -0.05) is 54.1 Å². The maximum atomic E-state index is 13.0. The van der Waals surface area contributed by atoms with E-state index in [2.05, 4.69) is 21.2 Å². The molecule has 5 nitrogen and oxygen atoms in total. The molecule has 0 saturated carbocycles. The minimum absolute atomic E-state index is 0.121. The molecule has 29 heavy (non-hydrogen) atoms. The van der Waals surface area contributed by atoms with Gasteiger partial charge < -0.3 is 9.80 Å². The fourth-order valence-electron chi connectivity index (χ4n) is 3.78. The Labute approximate surface area is 176 Å². The van der Waals surface area contributed by atoms with Crippen LogP contribution < -0.4 is 4.90 Å². The minimum Gasteiger partial charge on any atom is -0.353 e. The van der Waals surface area contributed by atoms with Crippen LogP contribution in [0.1, 0.15) is 24.8 Å². The number of rotatable bonds is 4. The van der Waals surface area contributed by atoms with E-state index in [9.17, 15) is 4.79 Å². The van der Waals surface area contributed by atoms with Crippen LogP contribution in [0.4, 0.5) is 5.82 Å². The van der Waals surface area contributed by atoms with Crippen molar-refractivity contribution in [3.8, 4) is 11.3 Å². The van der Waals surface area contributed by atoms with E-state index in [1.807, 2.05) is 66.4 Å². The number of aromatic nitrogens is 2. The van der Waals surface area contributed by atoms with Gasteiger partial charge in [0.25, 0.3) is 0 Å². The lowest BCUT2D eigenvalue weighted by molar-refractivity contribution is -0.132. The summed E-state index contributed by atoms with van der Waals surface area (Å²) in [6, 6.07) is 19.8. The first-order valence-electron chi connectivity index (χ1n) is 10.0. The molecule has 0 spiro atoms. The van der Waals surface area contributed by atoms with Crippen LogP contribution in [0.5, 0.6) is 0 Å². The third-order valence-electron chi connectivity index (χ3n) is 5.52. The summed E-state index contributed by atoms with van der Waals surface area (Å²) < 4.78 is 0. The van der Waals surface area contributed by atoms with Gasteiger partial charge in [-0.15, -0.1) is 0 Å². The number of carbonyl (C=O) groups excluding carboxylic acids is 1. The molecule has 0 unspecified atom stereocenters. The van der Waals surface area contributed by atoms with E-state index in [1.54, 1.807) is 0 Å². The first-order chi connectivity index (χ1) is 14.1. The maximum absolute atomic E-state index is 13.0. The normalized spacial score (nSPS) is 15.8. The van der Waals surface area contributed by atoms with Crippen molar-refractivity contribution in [2.45, 2.75) is 19.3 Å². The number of benzene rings is 2. The van der Waals surface area contributed by atoms with Crippen LogP contribution >= 0.6 is 11.6 Å². The fourth-order valence-corrected chi connectivity index (χ4v) is 3.90. The lowest BCUT2D eigenvalue weighted by Gasteiger charge is -2.25. The predicted octanol–water partition coefficient (Wildman–Crippen LogP) is 4.57. The Morgan fingerprint density at radius 1 is 1.03 bits per heavy atom. The highest BCUT2D eigenvalue weighted by Gasteiger charge is 2.25. The van der Waals surface area contributed by atoms with Gasteiger partial charge >= 0.3 is 0 Å². The number of halogens is 1. The van der Waals surface area contributed by atoms with Crippen molar-refractivity contribution >= 4 is 23.3 Å². The smallest absolute Gasteiger partial charge is 0.229 e. The Bertz CT molecular complexity index is 955. The molecule has 1 aliphatic rings. The molecule has 2 aromatic carbocycles. The highest BCUT2D eigenvalue weighted by Crippen LogP contribution is 2.25. The average molecular weight is 409 g/mol. The van der Waals surface area contributed by atoms with Crippen molar-refractivity contribution in [3.63, 3.8) is 0 Å². The molecule has 1 N–H and O–H groups in total. The number of nitrogens with zero attached hydrogens (tertiary/aromatic N) is 3. The standard InChI is InChI=1S/C23H25ClN4O/c1-17(18-6-3-2-4-7-18)23(29)28-13-5-12-27(14-15-28)22-16-21(25-26-22)19-8-10-20(24)11-9-19/h2-4,6-11,16-17H,5,12-15H2,1H3,(H,25,26)/t17-/m0/s1. The van der Waals surface area contributed by atoms with Crippen molar-refractivity contribution in [2.24, 2.45) is 0 Å². The van der Waals surface area contributed by atoms with Crippen LogP contribution in [-0.2, 0) is 4.79 Å². The van der Waals surface area contributed by atoms with E-state index in [0.717, 1.165) is 53.7 Å². The molecule has 1 saturated heterocycles. The molecular weight excluding hydrogens is 384 g/mol. The number of hydrogen-bond acceptors (Lipinski definition) is 3. The molecular formula is C23H25ClN4O. The molecule has 1 aromatic heterocycles. The largest absolute Gasteiger partial charge is 0.353 e. The molecule has 150 valence electrons. The SMILES string of the molecule is C[C@H](C(=O)N1CCCN(c2cc(-c3ccc(Cl)cc3)[nH]n2)CC1)c1ccccc1. The molecule has 1 atom stereocenters. The highest BCUT2D eigenvalue weighted by atomic mass is 35.5. The van der Waals surface area contributed by atoms with E-state index in [4.69, 9.17) is 11.6 Å². The molecule has 1 aliphatic heterocycles. The summed E-state index contributed by atoms with van der Waals surface area (Å²) >= 11 is 5.98. The number of nitrogens with one attached hydrogen (secondary N) is 1. The summed E-state index contributed by atoms with van der Waals surface area (Å²) in [4.78, 5) is 17.2. The number of anilines is 1. The van der Waals surface area contributed by atoms with E-state index >= 15 is 0 Å². The summed E-state index contributed by atoms with van der Waals surface area (Å²) in [6.45, 7) is 5.14. The van der Waals surface area contributed by atoms with Gasteiger partial charge in [0.2, 0.25) is 5.91 Å². The van der Waals surface area contributed by atoms with Crippen LogP contribution in [0.25, 0.3) is 11.3 Å². The van der Waals surface area contributed by atoms with Crippen LogP contribution in [0.3, 0.4) is 0 Å². The number of aromatic amines is 1. The van der Waals surface area contributed by atoms with Crippen LogP contribution in [0, 0.1) is 0 Å². The molecule has 1 fully saturated rings. The van der Waals surface area contributed by atoms with Crippen molar-refractivity contribution in [1.29, 1.82) is 0 Å². The van der Waals surface area contributed by atoms with E-state index < -0.39 is 0 Å². The molecule has 1 amide bonds. The van der Waals surface area contributed by atoms with Crippen molar-refractivity contribution < 1.29 is 4.79 Å². The topological polar surface area (TPSA) is 52.2 Å². The lowest BCUT2D eigenvalue weighted by Crippen LogP contribution is -2.37. The Morgan fingerprint density at radius 3 is 2.55 bits per heavy atom. The summed E-state index contributed by atoms with van der Waals surface area (Å²) in [5.74, 6) is 0.993. The molecule has 4 rings (SSSR count). The van der Waals surface area contributed by atoms with Gasteiger partial charge in [-0.3, -0.25) is 9.89 Å². The van der Waals surface area contributed by atoms with Crippen molar-refractivity contribution in [2.75, 3.05) is 31.1 Å². The third-order valence-corrected chi connectivity index (χ3v) is 5.77. The Hall–Kier alpha value is -2.79. The van der Waals surface area contributed by atoms with E-state index in [-0.39, 0.29) is 11.8 Å². The monoisotopic (exact) mass is 408 g/mol. The van der Waals surface area contributed by atoms with Gasteiger partial charge in [0, 0.05) is 37.3 Å². The van der Waals surface area contributed by atoms with Crippen molar-refractivity contribution in [1.82, 2.24) is 15.1 Å². The number of carbonyl (C=O) groups is 1. The van der Waals surface area contributed by atoms with Gasteiger partial charge in [0.05, 0.1) is 11.6 Å². The highest BCUT2D eigenvalue weighted by molar-refractivity contribution is 6.30. The molecule has 0 bridgehead atoms. The Kier molecular flexibility index (Phi) is 5.86. The number of amides is 1. The van der Waals surface area contributed by atoms with E-state index in [0.29, 0.717) is 6.54 Å². The summed E-state index contributed by atoms with van der Waals surface area (Å²) in [7, 11) is 0. The van der Waals surface area contributed by atoms with Crippen molar-refractivity contribution in [3.05, 3.63) is 71.2 Å². The summed E-state index contributed by atoms with van der Waals surface area (Å²) in [6.07, 6.45) is 0.927. The Morgan fingerprint density at radius 2 is 1.79 bits per heavy atom. The molecule has 2 heterocycles. The third kappa shape index (κ3) is 4.46. The minimum atomic E-state index is -0.121. The van der Waals surface area contributed by atoms with Crippen LogP contribution in [-0.4, -0.2) is 47.2 Å². The fraction of sp³-hybridized carbons (Fsp3) is 0.304. The molecule has 0 aliphatic carbocycles. The number of H-pyrrole nitrogens is 1. The summed E-state index contributed by atoms with van der Waals surface area (Å²) in [5, 5.41) is 8.33. The molecule has 3 aromatic rings. The second-order valence-corrected chi connectivity index (χ2v) is 7.88. The van der Waals surface area contributed by atoms with Crippen LogP contribution in [0.15, 0.2) is 60.7 Å². The first-order valence-corrected chi connectivity index (χ1v) is 10.4. The zero-order valence-corrected chi connectivity index (χ0v) is 17.3. The van der Waals surface area contributed by atoms with Gasteiger partial charge in [-0.2, -0.15) is 5.10 Å². The zero-order chi connectivity index (χ0) is 20.2. The van der Waals surface area contributed by atoms with Gasteiger partial charge in [0.15, 0.2) is 5.82 Å². The second-order valence-electron chi connectivity index (χ2n) is 7.44. The Balaban J connectivity index is 1.41. The van der Waals surface area contributed by atoms with Gasteiger partial charge in [-0.25, -0.2) is 0 Å². The van der Waals surface area contributed by atoms with Crippen LogP contribution in [0.2, 0.25) is 5.02 Å². The second kappa shape index (κ2) is 8.70.